The van der Waals surface area contributed by atoms with E-state index in [1.165, 1.54) is 12.8 Å². The van der Waals surface area contributed by atoms with Crippen LogP contribution in [0.2, 0.25) is 0 Å². The maximum Gasteiger partial charge on any atom is 0.0905 e. The van der Waals surface area contributed by atoms with Crippen LogP contribution in [0.1, 0.15) is 39.0 Å². The first-order chi connectivity index (χ1) is 5.66. The van der Waals surface area contributed by atoms with Crippen LogP contribution in [0.15, 0.2) is 0 Å². The maximum absolute atomic E-state index is 7.06. The summed E-state index contributed by atoms with van der Waals surface area (Å²) < 4.78 is 0. The molecule has 3 nitrogen and oxygen atoms in total. The van der Waals surface area contributed by atoms with E-state index in [1.807, 2.05) is 0 Å². The summed E-state index contributed by atoms with van der Waals surface area (Å²) in [4.78, 5) is 0. The van der Waals surface area contributed by atoms with Gasteiger partial charge in [0.25, 0.3) is 0 Å². The average Bonchev–Trinajstić information content (AvgIpc) is 2.01. The molecule has 0 aromatic rings. The number of unbranched alkanes of at least 4 members (excludes halogenated alkanes) is 1. The predicted octanol–water partition coefficient (Wildman–Crippen LogP) is 1.47. The monoisotopic (exact) mass is 171 g/mol. The molecule has 12 heavy (non-hydrogen) atoms. The molecule has 0 rings (SSSR count). The van der Waals surface area contributed by atoms with E-state index >= 15 is 0 Å². The summed E-state index contributed by atoms with van der Waals surface area (Å²) >= 11 is 0. The number of nitrogens with one attached hydrogen (secondary N) is 1. The topological polar surface area (TPSA) is 75.9 Å². The first kappa shape index (κ1) is 11.4. The van der Waals surface area contributed by atoms with Crippen molar-refractivity contribution in [2.45, 2.75) is 39.0 Å². The van der Waals surface area contributed by atoms with Gasteiger partial charge in [-0.05, 0) is 25.3 Å². The standard InChI is InChI=1S/C9H21N3/c1-8(4-2-3-7-10)5-6-9(11)12/h8H,2-7,10H2,1H3,(H3,11,12). The molecule has 5 N–H and O–H groups in total. The third-order valence-corrected chi connectivity index (χ3v) is 2.06. The van der Waals surface area contributed by atoms with Crippen molar-refractivity contribution >= 4 is 5.84 Å². The van der Waals surface area contributed by atoms with Gasteiger partial charge in [-0.25, -0.2) is 0 Å². The smallest absolute Gasteiger partial charge is 0.0905 e. The highest BCUT2D eigenvalue weighted by Crippen LogP contribution is 2.12. The predicted molar refractivity (Wildman–Crippen MR) is 53.2 cm³/mol. The first-order valence-electron chi connectivity index (χ1n) is 4.69. The van der Waals surface area contributed by atoms with E-state index in [9.17, 15) is 0 Å². The molecule has 0 saturated carbocycles. The highest BCUT2D eigenvalue weighted by Gasteiger charge is 2.01. The molecule has 0 radical (unpaired) electrons. The molecule has 0 heterocycles. The lowest BCUT2D eigenvalue weighted by atomic mass is 9.98. The summed E-state index contributed by atoms with van der Waals surface area (Å²) in [5.74, 6) is 0.987. The molecule has 0 aliphatic rings. The molecule has 0 aromatic carbocycles. The minimum atomic E-state index is 0.306. The van der Waals surface area contributed by atoms with Gasteiger partial charge < -0.3 is 11.5 Å². The minimum Gasteiger partial charge on any atom is -0.388 e. The average molecular weight is 171 g/mol. The summed E-state index contributed by atoms with van der Waals surface area (Å²) in [6.45, 7) is 3.00. The number of hydrogen-bond donors (Lipinski definition) is 3. The summed E-state index contributed by atoms with van der Waals surface area (Å²) in [5, 5.41) is 7.06. The Morgan fingerprint density at radius 2 is 2.00 bits per heavy atom. The van der Waals surface area contributed by atoms with E-state index < -0.39 is 0 Å². The lowest BCUT2D eigenvalue weighted by Gasteiger charge is -2.09. The van der Waals surface area contributed by atoms with Gasteiger partial charge >= 0.3 is 0 Å². The number of nitrogens with two attached hydrogens (primary N) is 2. The van der Waals surface area contributed by atoms with E-state index in [-0.39, 0.29) is 0 Å². The van der Waals surface area contributed by atoms with Gasteiger partial charge in [-0.3, -0.25) is 5.41 Å². The van der Waals surface area contributed by atoms with E-state index in [0.29, 0.717) is 11.8 Å². The molecule has 0 bridgehead atoms. The Morgan fingerprint density at radius 1 is 1.33 bits per heavy atom. The molecule has 0 saturated heterocycles. The van der Waals surface area contributed by atoms with Gasteiger partial charge in [0.15, 0.2) is 0 Å². The molecule has 0 fully saturated rings. The van der Waals surface area contributed by atoms with Crippen LogP contribution in [0, 0.1) is 11.3 Å². The van der Waals surface area contributed by atoms with Crippen LogP contribution in [0.25, 0.3) is 0 Å². The zero-order chi connectivity index (χ0) is 9.40. The van der Waals surface area contributed by atoms with Gasteiger partial charge in [0.1, 0.15) is 0 Å². The first-order valence-corrected chi connectivity index (χ1v) is 4.69. The summed E-state index contributed by atoms with van der Waals surface area (Å²) in [6, 6.07) is 0. The summed E-state index contributed by atoms with van der Waals surface area (Å²) in [6.07, 6.45) is 5.31. The molecule has 0 aliphatic carbocycles. The van der Waals surface area contributed by atoms with E-state index in [4.69, 9.17) is 16.9 Å². The van der Waals surface area contributed by atoms with Crippen LogP contribution >= 0.6 is 0 Å². The van der Waals surface area contributed by atoms with Crippen LogP contribution in [0.5, 0.6) is 0 Å². The fraction of sp³-hybridized carbons (Fsp3) is 0.889. The molecule has 3 heteroatoms. The van der Waals surface area contributed by atoms with Crippen molar-refractivity contribution in [1.29, 1.82) is 5.41 Å². The fourth-order valence-electron chi connectivity index (χ4n) is 1.18. The van der Waals surface area contributed by atoms with Crippen LogP contribution in [-0.4, -0.2) is 12.4 Å². The number of rotatable bonds is 7. The van der Waals surface area contributed by atoms with Crippen molar-refractivity contribution < 1.29 is 0 Å². The third-order valence-electron chi connectivity index (χ3n) is 2.06. The van der Waals surface area contributed by atoms with Crippen LogP contribution < -0.4 is 11.5 Å². The zero-order valence-corrected chi connectivity index (χ0v) is 7.97. The van der Waals surface area contributed by atoms with Crippen molar-refractivity contribution in [1.82, 2.24) is 0 Å². The molecule has 0 aliphatic heterocycles. The van der Waals surface area contributed by atoms with Gasteiger partial charge in [0.2, 0.25) is 0 Å². The van der Waals surface area contributed by atoms with Gasteiger partial charge in [-0.1, -0.05) is 19.8 Å². The molecule has 1 unspecified atom stereocenters. The maximum atomic E-state index is 7.06. The molecule has 0 amide bonds. The van der Waals surface area contributed by atoms with E-state index in [1.54, 1.807) is 0 Å². The second-order valence-corrected chi connectivity index (χ2v) is 3.45. The zero-order valence-electron chi connectivity index (χ0n) is 7.97. The normalized spacial score (nSPS) is 12.8. The van der Waals surface area contributed by atoms with Crippen molar-refractivity contribution in [2.75, 3.05) is 6.54 Å². The Labute approximate surface area is 75.0 Å². The highest BCUT2D eigenvalue weighted by atomic mass is 14.7. The van der Waals surface area contributed by atoms with Gasteiger partial charge in [-0.2, -0.15) is 0 Å². The van der Waals surface area contributed by atoms with Crippen molar-refractivity contribution in [2.24, 2.45) is 17.4 Å². The fourth-order valence-corrected chi connectivity index (χ4v) is 1.18. The Balaban J connectivity index is 3.21. The molecular weight excluding hydrogens is 150 g/mol. The Morgan fingerprint density at radius 3 is 2.50 bits per heavy atom. The highest BCUT2D eigenvalue weighted by molar-refractivity contribution is 5.76. The lowest BCUT2D eigenvalue weighted by molar-refractivity contribution is 0.475. The largest absolute Gasteiger partial charge is 0.388 e. The quantitative estimate of drug-likeness (QED) is 0.308. The van der Waals surface area contributed by atoms with Gasteiger partial charge in [-0.15, -0.1) is 0 Å². The lowest BCUT2D eigenvalue weighted by Crippen LogP contribution is -2.11. The van der Waals surface area contributed by atoms with Crippen LogP contribution in [0.3, 0.4) is 0 Å². The molecule has 72 valence electrons. The SMILES string of the molecule is CC(CCCCN)CCC(=N)N. The third kappa shape index (κ3) is 7.54. The Kier molecular flexibility index (Phi) is 6.76. The second kappa shape index (κ2) is 7.10. The second-order valence-electron chi connectivity index (χ2n) is 3.45. The van der Waals surface area contributed by atoms with Gasteiger partial charge in [0, 0.05) is 6.42 Å². The molecular formula is C9H21N3. The van der Waals surface area contributed by atoms with Crippen molar-refractivity contribution in [3.8, 4) is 0 Å². The number of amidine groups is 1. The van der Waals surface area contributed by atoms with E-state index in [2.05, 4.69) is 6.92 Å². The number of hydrogen-bond acceptors (Lipinski definition) is 2. The molecule has 0 spiro atoms. The molecule has 1 atom stereocenters. The van der Waals surface area contributed by atoms with Crippen LogP contribution in [-0.2, 0) is 0 Å². The Bertz CT molecular complexity index is 123. The van der Waals surface area contributed by atoms with Crippen molar-refractivity contribution in [3.63, 3.8) is 0 Å². The van der Waals surface area contributed by atoms with Gasteiger partial charge in [0.05, 0.1) is 5.84 Å². The van der Waals surface area contributed by atoms with Crippen molar-refractivity contribution in [3.05, 3.63) is 0 Å². The van der Waals surface area contributed by atoms with E-state index in [0.717, 1.165) is 25.8 Å². The molecule has 0 aromatic heterocycles. The Hall–Kier alpha value is -0.570. The van der Waals surface area contributed by atoms with Crippen LogP contribution in [0.4, 0.5) is 0 Å². The summed E-state index contributed by atoms with van der Waals surface area (Å²) in [5.41, 5.74) is 10.6. The minimum absolute atomic E-state index is 0.306. The summed E-state index contributed by atoms with van der Waals surface area (Å²) in [7, 11) is 0.